The van der Waals surface area contributed by atoms with Crippen LogP contribution in [0.15, 0.2) is 4.42 Å². The molecule has 1 aromatic rings. The molecule has 94 valence electrons. The van der Waals surface area contributed by atoms with Crippen molar-refractivity contribution in [1.82, 2.24) is 9.88 Å². The van der Waals surface area contributed by atoms with Gasteiger partial charge in [0, 0.05) is 26.6 Å². The van der Waals surface area contributed by atoms with Crippen LogP contribution in [0.3, 0.4) is 0 Å². The lowest BCUT2D eigenvalue weighted by atomic mass is 10.1. The van der Waals surface area contributed by atoms with Gasteiger partial charge in [0.2, 0.25) is 5.76 Å². The second kappa shape index (κ2) is 4.87. The normalized spacial score (nSPS) is 19.9. The number of carbonyl (C=O) groups is 1. The molecule has 0 radical (unpaired) electrons. The Hall–Kier alpha value is -1.36. The van der Waals surface area contributed by atoms with Gasteiger partial charge < -0.3 is 14.4 Å². The first kappa shape index (κ1) is 12.1. The van der Waals surface area contributed by atoms with Crippen molar-refractivity contribution in [2.45, 2.75) is 26.7 Å². The first-order valence-corrected chi connectivity index (χ1v) is 5.96. The van der Waals surface area contributed by atoms with Crippen molar-refractivity contribution >= 4 is 5.91 Å². The number of hydrogen-bond acceptors (Lipinski definition) is 4. The zero-order chi connectivity index (χ0) is 12.4. The highest BCUT2D eigenvalue weighted by Gasteiger charge is 2.29. The van der Waals surface area contributed by atoms with Crippen LogP contribution in [0.1, 0.15) is 35.0 Å². The van der Waals surface area contributed by atoms with Gasteiger partial charge in [-0.05, 0) is 25.7 Å². The number of rotatable bonds is 3. The molecule has 0 aliphatic carbocycles. The van der Waals surface area contributed by atoms with Crippen molar-refractivity contribution in [2.24, 2.45) is 5.92 Å². The zero-order valence-electron chi connectivity index (χ0n) is 10.3. The van der Waals surface area contributed by atoms with Crippen molar-refractivity contribution in [1.29, 1.82) is 0 Å². The highest BCUT2D eigenvalue weighted by atomic mass is 16.4. The Morgan fingerprint density at radius 1 is 1.59 bits per heavy atom. The number of hydrogen-bond donors (Lipinski definition) is 1. The summed E-state index contributed by atoms with van der Waals surface area (Å²) >= 11 is 0. The number of aliphatic hydroxyl groups excluding tert-OH is 1. The largest absolute Gasteiger partial charge is 0.436 e. The summed E-state index contributed by atoms with van der Waals surface area (Å²) in [5.74, 6) is 1.21. The molecule has 0 spiro atoms. The van der Waals surface area contributed by atoms with Gasteiger partial charge in [-0.2, -0.15) is 0 Å². The van der Waals surface area contributed by atoms with Crippen molar-refractivity contribution in [3.63, 3.8) is 0 Å². The number of aromatic nitrogens is 1. The number of aryl methyl sites for hydroxylation is 2. The number of oxazole rings is 1. The van der Waals surface area contributed by atoms with Crippen LogP contribution in [-0.2, 0) is 0 Å². The SMILES string of the molecule is Cc1nc(C)c(C(=O)N2CCC(CCO)C2)o1. The monoisotopic (exact) mass is 238 g/mol. The fourth-order valence-corrected chi connectivity index (χ4v) is 2.31. The first-order chi connectivity index (χ1) is 8.11. The summed E-state index contributed by atoms with van der Waals surface area (Å²) in [6.45, 7) is 5.15. The number of nitrogens with zero attached hydrogens (tertiary/aromatic N) is 2. The van der Waals surface area contributed by atoms with E-state index in [4.69, 9.17) is 9.52 Å². The predicted molar refractivity (Wildman–Crippen MR) is 61.7 cm³/mol. The van der Waals surface area contributed by atoms with Gasteiger partial charge in [-0.15, -0.1) is 0 Å². The zero-order valence-corrected chi connectivity index (χ0v) is 10.3. The van der Waals surface area contributed by atoms with E-state index in [2.05, 4.69) is 4.98 Å². The number of aliphatic hydroxyl groups is 1. The maximum Gasteiger partial charge on any atom is 0.291 e. The first-order valence-electron chi connectivity index (χ1n) is 5.96. The molecule has 1 saturated heterocycles. The lowest BCUT2D eigenvalue weighted by molar-refractivity contribution is 0.0751. The van der Waals surface area contributed by atoms with Crippen LogP contribution < -0.4 is 0 Å². The third kappa shape index (κ3) is 2.49. The van der Waals surface area contributed by atoms with Crippen LogP contribution in [-0.4, -0.2) is 40.6 Å². The van der Waals surface area contributed by atoms with Crippen LogP contribution in [0.5, 0.6) is 0 Å². The fraction of sp³-hybridized carbons (Fsp3) is 0.667. The second-order valence-electron chi connectivity index (χ2n) is 4.57. The van der Waals surface area contributed by atoms with E-state index in [1.165, 1.54) is 0 Å². The Labute approximate surface area is 100 Å². The number of carbonyl (C=O) groups excluding carboxylic acids is 1. The van der Waals surface area contributed by atoms with Crippen LogP contribution in [0.4, 0.5) is 0 Å². The molecule has 1 aromatic heterocycles. The minimum atomic E-state index is -0.0801. The standard InChI is InChI=1S/C12H18N2O3/c1-8-11(17-9(2)13-8)12(16)14-5-3-10(7-14)4-6-15/h10,15H,3-7H2,1-2H3. The summed E-state index contributed by atoms with van der Waals surface area (Å²) in [5, 5.41) is 8.88. The van der Waals surface area contributed by atoms with E-state index in [1.807, 2.05) is 0 Å². The Balaban J connectivity index is 2.04. The van der Waals surface area contributed by atoms with Gasteiger partial charge in [0.15, 0.2) is 5.89 Å². The Bertz CT molecular complexity index is 414. The van der Waals surface area contributed by atoms with Crippen molar-refractivity contribution in [3.05, 3.63) is 17.3 Å². The molecule has 5 nitrogen and oxygen atoms in total. The van der Waals surface area contributed by atoms with Gasteiger partial charge in [0.1, 0.15) is 0 Å². The summed E-state index contributed by atoms with van der Waals surface area (Å²) in [5.41, 5.74) is 0.651. The summed E-state index contributed by atoms with van der Waals surface area (Å²) in [7, 11) is 0. The van der Waals surface area contributed by atoms with E-state index < -0.39 is 0 Å². The molecule has 5 heteroatoms. The van der Waals surface area contributed by atoms with Crippen LogP contribution in [0.2, 0.25) is 0 Å². The minimum absolute atomic E-state index is 0.0801. The van der Waals surface area contributed by atoms with E-state index in [1.54, 1.807) is 18.7 Å². The van der Waals surface area contributed by atoms with Gasteiger partial charge in [-0.25, -0.2) is 4.98 Å². The molecule has 17 heavy (non-hydrogen) atoms. The smallest absolute Gasteiger partial charge is 0.291 e. The molecular weight excluding hydrogens is 220 g/mol. The van der Waals surface area contributed by atoms with Crippen LogP contribution in [0, 0.1) is 19.8 Å². The van der Waals surface area contributed by atoms with E-state index in [9.17, 15) is 4.79 Å². The molecule has 1 unspecified atom stereocenters. The topological polar surface area (TPSA) is 66.6 Å². The number of likely N-dealkylation sites (tertiary alicyclic amines) is 1. The molecule has 0 aromatic carbocycles. The summed E-state index contributed by atoms with van der Waals surface area (Å²) in [4.78, 5) is 18.1. The van der Waals surface area contributed by atoms with Crippen molar-refractivity contribution < 1.29 is 14.3 Å². The van der Waals surface area contributed by atoms with Gasteiger partial charge in [-0.1, -0.05) is 0 Å². The molecule has 1 atom stereocenters. The Kier molecular flexibility index (Phi) is 3.47. The molecular formula is C12H18N2O3. The van der Waals surface area contributed by atoms with E-state index in [-0.39, 0.29) is 12.5 Å². The Morgan fingerprint density at radius 2 is 2.35 bits per heavy atom. The molecule has 1 amide bonds. The molecule has 0 saturated carbocycles. The molecule has 1 fully saturated rings. The van der Waals surface area contributed by atoms with E-state index >= 15 is 0 Å². The molecule has 0 bridgehead atoms. The molecule has 2 rings (SSSR count). The molecule has 1 N–H and O–H groups in total. The van der Waals surface area contributed by atoms with Gasteiger partial charge >= 0.3 is 0 Å². The summed E-state index contributed by atoms with van der Waals surface area (Å²) in [6.07, 6.45) is 1.72. The maximum absolute atomic E-state index is 12.2. The van der Waals surface area contributed by atoms with Gasteiger partial charge in [-0.3, -0.25) is 4.79 Å². The predicted octanol–water partition coefficient (Wildman–Crippen LogP) is 1.14. The third-order valence-electron chi connectivity index (χ3n) is 3.21. The third-order valence-corrected chi connectivity index (χ3v) is 3.21. The number of amides is 1. The van der Waals surface area contributed by atoms with E-state index in [0.29, 0.717) is 29.8 Å². The lowest BCUT2D eigenvalue weighted by Crippen LogP contribution is -2.29. The van der Waals surface area contributed by atoms with Crippen molar-refractivity contribution in [3.8, 4) is 0 Å². The Morgan fingerprint density at radius 3 is 2.94 bits per heavy atom. The summed E-state index contributed by atoms with van der Waals surface area (Å²) < 4.78 is 5.33. The quantitative estimate of drug-likeness (QED) is 0.857. The fourth-order valence-electron chi connectivity index (χ4n) is 2.31. The van der Waals surface area contributed by atoms with Crippen LogP contribution in [0.25, 0.3) is 0 Å². The molecule has 2 heterocycles. The minimum Gasteiger partial charge on any atom is -0.436 e. The van der Waals surface area contributed by atoms with Crippen molar-refractivity contribution in [2.75, 3.05) is 19.7 Å². The van der Waals surface area contributed by atoms with Gasteiger partial charge in [0.25, 0.3) is 5.91 Å². The second-order valence-corrected chi connectivity index (χ2v) is 4.57. The highest BCUT2D eigenvalue weighted by Crippen LogP contribution is 2.22. The molecule has 1 aliphatic rings. The van der Waals surface area contributed by atoms with E-state index in [0.717, 1.165) is 19.4 Å². The maximum atomic E-state index is 12.2. The van der Waals surface area contributed by atoms with Crippen LogP contribution >= 0.6 is 0 Å². The highest BCUT2D eigenvalue weighted by molar-refractivity contribution is 5.92. The summed E-state index contributed by atoms with van der Waals surface area (Å²) in [6, 6.07) is 0. The molecule has 1 aliphatic heterocycles. The van der Waals surface area contributed by atoms with Gasteiger partial charge in [0.05, 0.1) is 5.69 Å². The average molecular weight is 238 g/mol. The average Bonchev–Trinajstić information content (AvgIpc) is 2.85. The lowest BCUT2D eigenvalue weighted by Gasteiger charge is -2.14.